The molecule has 0 saturated carbocycles. The van der Waals surface area contributed by atoms with Crippen molar-refractivity contribution in [3.63, 3.8) is 0 Å². The summed E-state index contributed by atoms with van der Waals surface area (Å²) in [5.41, 5.74) is 2.88. The van der Waals surface area contributed by atoms with Gasteiger partial charge in [0.2, 0.25) is 0 Å². The van der Waals surface area contributed by atoms with Crippen molar-refractivity contribution in [2.45, 2.75) is 25.8 Å². The van der Waals surface area contributed by atoms with E-state index in [9.17, 15) is 4.79 Å². The summed E-state index contributed by atoms with van der Waals surface area (Å²) >= 11 is 0. The van der Waals surface area contributed by atoms with Crippen molar-refractivity contribution in [2.24, 2.45) is 0 Å². The van der Waals surface area contributed by atoms with Gasteiger partial charge in [-0.25, -0.2) is 4.79 Å². The van der Waals surface area contributed by atoms with Crippen LogP contribution in [0.3, 0.4) is 0 Å². The standard InChI is InChI=1S/C20H24N2O3/c1-14-12-16(9-10-19(14)25-3)21-20(23)22-11-5-8-18(22)15-6-4-7-17(13-15)24-2/h4,6-7,9-10,12-13,18H,5,8,11H2,1-3H3,(H,21,23). The van der Waals surface area contributed by atoms with Gasteiger partial charge in [0.15, 0.2) is 0 Å². The third kappa shape index (κ3) is 3.71. The molecule has 1 unspecified atom stereocenters. The Morgan fingerprint density at radius 3 is 2.72 bits per heavy atom. The van der Waals surface area contributed by atoms with Crippen LogP contribution in [0.5, 0.6) is 11.5 Å². The number of rotatable bonds is 4. The van der Waals surface area contributed by atoms with Crippen LogP contribution in [0.4, 0.5) is 10.5 Å². The first-order chi connectivity index (χ1) is 12.1. The molecule has 0 bridgehead atoms. The minimum atomic E-state index is -0.0742. The molecular formula is C20H24N2O3. The van der Waals surface area contributed by atoms with E-state index in [0.29, 0.717) is 0 Å². The first kappa shape index (κ1) is 17.1. The lowest BCUT2D eigenvalue weighted by Gasteiger charge is -2.25. The van der Waals surface area contributed by atoms with Gasteiger partial charge >= 0.3 is 6.03 Å². The minimum Gasteiger partial charge on any atom is -0.497 e. The van der Waals surface area contributed by atoms with E-state index in [1.807, 2.05) is 48.2 Å². The van der Waals surface area contributed by atoms with Gasteiger partial charge in [-0.3, -0.25) is 0 Å². The molecule has 1 N–H and O–H groups in total. The predicted molar refractivity (Wildman–Crippen MR) is 98.4 cm³/mol. The summed E-state index contributed by atoms with van der Waals surface area (Å²) in [4.78, 5) is 14.7. The average Bonchev–Trinajstić information content (AvgIpc) is 3.12. The van der Waals surface area contributed by atoms with Crippen LogP contribution in [-0.4, -0.2) is 31.7 Å². The van der Waals surface area contributed by atoms with Crippen LogP contribution in [-0.2, 0) is 0 Å². The highest BCUT2D eigenvalue weighted by atomic mass is 16.5. The fraction of sp³-hybridized carbons (Fsp3) is 0.350. The van der Waals surface area contributed by atoms with Crippen molar-refractivity contribution >= 4 is 11.7 Å². The number of amides is 2. The fourth-order valence-electron chi connectivity index (χ4n) is 3.36. The lowest BCUT2D eigenvalue weighted by Crippen LogP contribution is -2.34. The third-order valence-corrected chi connectivity index (χ3v) is 4.64. The zero-order chi connectivity index (χ0) is 17.8. The summed E-state index contributed by atoms with van der Waals surface area (Å²) in [6, 6.07) is 13.6. The summed E-state index contributed by atoms with van der Waals surface area (Å²) in [6.07, 6.45) is 1.96. The lowest BCUT2D eigenvalue weighted by molar-refractivity contribution is 0.207. The largest absolute Gasteiger partial charge is 0.497 e. The Balaban J connectivity index is 1.75. The van der Waals surface area contributed by atoms with Crippen molar-refractivity contribution in [2.75, 3.05) is 26.1 Å². The van der Waals surface area contributed by atoms with Gasteiger partial charge in [0.1, 0.15) is 11.5 Å². The molecule has 1 atom stereocenters. The van der Waals surface area contributed by atoms with E-state index in [2.05, 4.69) is 11.4 Å². The normalized spacial score (nSPS) is 16.6. The second kappa shape index (κ2) is 7.47. The van der Waals surface area contributed by atoms with Gasteiger partial charge in [-0.1, -0.05) is 12.1 Å². The van der Waals surface area contributed by atoms with Gasteiger partial charge in [-0.05, 0) is 61.2 Å². The predicted octanol–water partition coefficient (Wildman–Crippen LogP) is 4.38. The maximum atomic E-state index is 12.8. The number of methoxy groups -OCH3 is 2. The second-order valence-electron chi connectivity index (χ2n) is 6.24. The van der Waals surface area contributed by atoms with Gasteiger partial charge in [0.25, 0.3) is 0 Å². The zero-order valence-corrected chi connectivity index (χ0v) is 14.9. The fourth-order valence-corrected chi connectivity index (χ4v) is 3.36. The van der Waals surface area contributed by atoms with E-state index in [1.165, 1.54) is 0 Å². The van der Waals surface area contributed by atoms with Crippen LogP contribution < -0.4 is 14.8 Å². The van der Waals surface area contributed by atoms with E-state index in [4.69, 9.17) is 9.47 Å². The molecule has 132 valence electrons. The highest BCUT2D eigenvalue weighted by Gasteiger charge is 2.30. The number of carbonyl (C=O) groups excluding carboxylic acids is 1. The van der Waals surface area contributed by atoms with Crippen molar-refractivity contribution in [1.82, 2.24) is 4.90 Å². The van der Waals surface area contributed by atoms with E-state index in [1.54, 1.807) is 14.2 Å². The number of aryl methyl sites for hydroxylation is 1. The quantitative estimate of drug-likeness (QED) is 0.898. The first-order valence-electron chi connectivity index (χ1n) is 8.48. The molecule has 2 amide bonds. The van der Waals surface area contributed by atoms with Crippen LogP contribution in [0.25, 0.3) is 0 Å². The van der Waals surface area contributed by atoms with Gasteiger partial charge < -0.3 is 19.7 Å². The Kier molecular flexibility index (Phi) is 5.12. The highest BCUT2D eigenvalue weighted by Crippen LogP contribution is 2.34. The third-order valence-electron chi connectivity index (χ3n) is 4.64. The Morgan fingerprint density at radius 1 is 1.16 bits per heavy atom. The smallest absolute Gasteiger partial charge is 0.322 e. The van der Waals surface area contributed by atoms with E-state index >= 15 is 0 Å². The second-order valence-corrected chi connectivity index (χ2v) is 6.24. The molecule has 5 heteroatoms. The molecule has 1 heterocycles. The lowest BCUT2D eigenvalue weighted by atomic mass is 10.0. The molecule has 0 spiro atoms. The Morgan fingerprint density at radius 2 is 2.00 bits per heavy atom. The molecule has 25 heavy (non-hydrogen) atoms. The van der Waals surface area contributed by atoms with E-state index in [0.717, 1.165) is 47.7 Å². The monoisotopic (exact) mass is 340 g/mol. The zero-order valence-electron chi connectivity index (χ0n) is 14.9. The van der Waals surface area contributed by atoms with Gasteiger partial charge in [-0.2, -0.15) is 0 Å². The van der Waals surface area contributed by atoms with Crippen molar-refractivity contribution in [1.29, 1.82) is 0 Å². The summed E-state index contributed by atoms with van der Waals surface area (Å²) in [5.74, 6) is 1.63. The number of benzene rings is 2. The van der Waals surface area contributed by atoms with Gasteiger partial charge in [0, 0.05) is 12.2 Å². The maximum Gasteiger partial charge on any atom is 0.322 e. The van der Waals surface area contributed by atoms with E-state index < -0.39 is 0 Å². The molecule has 3 rings (SSSR count). The molecule has 0 aliphatic carbocycles. The van der Waals surface area contributed by atoms with Crippen molar-refractivity contribution in [3.8, 4) is 11.5 Å². The molecule has 5 nitrogen and oxygen atoms in total. The van der Waals surface area contributed by atoms with Crippen LogP contribution in [0.1, 0.15) is 30.0 Å². The summed E-state index contributed by atoms with van der Waals surface area (Å²) in [7, 11) is 3.30. The number of hydrogen-bond acceptors (Lipinski definition) is 3. The number of likely N-dealkylation sites (tertiary alicyclic amines) is 1. The molecule has 0 aromatic heterocycles. The first-order valence-corrected chi connectivity index (χ1v) is 8.48. The number of nitrogens with zero attached hydrogens (tertiary/aromatic N) is 1. The molecule has 2 aromatic rings. The average molecular weight is 340 g/mol. The summed E-state index contributed by atoms with van der Waals surface area (Å²) in [5, 5.41) is 3.00. The maximum absolute atomic E-state index is 12.8. The Hall–Kier alpha value is -2.69. The van der Waals surface area contributed by atoms with Crippen molar-refractivity contribution < 1.29 is 14.3 Å². The molecule has 0 radical (unpaired) electrons. The minimum absolute atomic E-state index is 0.0742. The molecule has 2 aromatic carbocycles. The van der Waals surface area contributed by atoms with Crippen LogP contribution in [0.15, 0.2) is 42.5 Å². The topological polar surface area (TPSA) is 50.8 Å². The number of carbonyl (C=O) groups is 1. The van der Waals surface area contributed by atoms with Gasteiger partial charge in [0.05, 0.1) is 20.3 Å². The molecule has 1 saturated heterocycles. The van der Waals surface area contributed by atoms with Crippen LogP contribution in [0, 0.1) is 6.92 Å². The number of urea groups is 1. The number of hydrogen-bond donors (Lipinski definition) is 1. The molecule has 1 fully saturated rings. The molecule has 1 aliphatic rings. The summed E-state index contributed by atoms with van der Waals surface area (Å²) < 4.78 is 10.6. The highest BCUT2D eigenvalue weighted by molar-refractivity contribution is 5.90. The molecule has 1 aliphatic heterocycles. The Bertz CT molecular complexity index is 760. The number of nitrogens with one attached hydrogen (secondary N) is 1. The van der Waals surface area contributed by atoms with Crippen molar-refractivity contribution in [3.05, 3.63) is 53.6 Å². The Labute approximate surface area is 148 Å². The number of anilines is 1. The molecular weight excluding hydrogens is 316 g/mol. The van der Waals surface area contributed by atoms with Crippen LogP contribution in [0.2, 0.25) is 0 Å². The van der Waals surface area contributed by atoms with E-state index in [-0.39, 0.29) is 12.1 Å². The van der Waals surface area contributed by atoms with Crippen LogP contribution >= 0.6 is 0 Å². The SMILES string of the molecule is COc1cccc(C2CCCN2C(=O)Nc2ccc(OC)c(C)c2)c1. The summed E-state index contributed by atoms with van der Waals surface area (Å²) in [6.45, 7) is 2.71. The number of ether oxygens (including phenoxy) is 2. The van der Waals surface area contributed by atoms with Gasteiger partial charge in [-0.15, -0.1) is 0 Å².